The van der Waals surface area contributed by atoms with Crippen molar-refractivity contribution < 1.29 is 14.7 Å². The van der Waals surface area contributed by atoms with E-state index in [1.165, 1.54) is 13.8 Å². The highest BCUT2D eigenvalue weighted by molar-refractivity contribution is 5.74. The number of rotatable bonds is 3. The maximum Gasteiger partial charge on any atom is 0.308 e. The fourth-order valence-corrected chi connectivity index (χ4v) is 0.384. The largest absolute Gasteiger partial charge is 0.481 e. The zero-order valence-corrected chi connectivity index (χ0v) is 6.05. The summed E-state index contributed by atoms with van der Waals surface area (Å²) in [6.07, 6.45) is 0. The van der Waals surface area contributed by atoms with Gasteiger partial charge in [0.05, 0.1) is 5.92 Å². The highest BCUT2D eigenvalue weighted by atomic mass is 16.4. The summed E-state index contributed by atoms with van der Waals surface area (Å²) in [5, 5.41) is 10.8. The van der Waals surface area contributed by atoms with Gasteiger partial charge in [0.25, 0.3) is 0 Å². The number of carboxylic acid groups (broad SMARTS) is 1. The van der Waals surface area contributed by atoms with Gasteiger partial charge in [-0.2, -0.15) is 0 Å². The molecule has 2 N–H and O–H groups in total. The Morgan fingerprint density at radius 2 is 2.10 bits per heavy atom. The zero-order valence-electron chi connectivity index (χ0n) is 6.05. The number of carboxylic acids is 1. The van der Waals surface area contributed by atoms with Gasteiger partial charge in [0, 0.05) is 13.5 Å². The second-order valence-corrected chi connectivity index (χ2v) is 2.18. The fourth-order valence-electron chi connectivity index (χ4n) is 0.384. The Morgan fingerprint density at radius 3 is 2.40 bits per heavy atom. The Kier molecular flexibility index (Phi) is 3.46. The molecule has 0 radical (unpaired) electrons. The Morgan fingerprint density at radius 1 is 1.60 bits per heavy atom. The Hall–Kier alpha value is -1.06. The summed E-state index contributed by atoms with van der Waals surface area (Å²) in [5.74, 6) is -1.61. The molecule has 0 bridgehead atoms. The van der Waals surface area contributed by atoms with Crippen LogP contribution in [-0.4, -0.2) is 23.5 Å². The van der Waals surface area contributed by atoms with Crippen molar-refractivity contribution in [3.05, 3.63) is 0 Å². The van der Waals surface area contributed by atoms with Gasteiger partial charge in [-0.1, -0.05) is 6.92 Å². The molecule has 0 rings (SSSR count). The lowest BCUT2D eigenvalue weighted by Crippen LogP contribution is -2.29. The zero-order chi connectivity index (χ0) is 8.15. The minimum Gasteiger partial charge on any atom is -0.481 e. The van der Waals surface area contributed by atoms with Crippen molar-refractivity contribution in [2.45, 2.75) is 13.8 Å². The van der Waals surface area contributed by atoms with Gasteiger partial charge in [0.15, 0.2) is 0 Å². The molecule has 10 heavy (non-hydrogen) atoms. The summed E-state index contributed by atoms with van der Waals surface area (Å²) in [4.78, 5) is 20.4. The molecule has 4 nitrogen and oxygen atoms in total. The van der Waals surface area contributed by atoms with Crippen LogP contribution < -0.4 is 5.32 Å². The number of amides is 1. The topological polar surface area (TPSA) is 66.4 Å². The number of nitrogens with one attached hydrogen (secondary N) is 1. The van der Waals surface area contributed by atoms with Crippen LogP contribution in [0.25, 0.3) is 0 Å². The smallest absolute Gasteiger partial charge is 0.308 e. The van der Waals surface area contributed by atoms with Crippen molar-refractivity contribution in [1.29, 1.82) is 0 Å². The maximum absolute atomic E-state index is 10.3. The van der Waals surface area contributed by atoms with E-state index in [9.17, 15) is 9.59 Å². The van der Waals surface area contributed by atoms with E-state index in [-0.39, 0.29) is 12.5 Å². The normalized spacial score (nSPS) is 12.2. The van der Waals surface area contributed by atoms with E-state index in [0.29, 0.717) is 0 Å². The van der Waals surface area contributed by atoms with Crippen LogP contribution in [0.2, 0.25) is 0 Å². The highest BCUT2D eigenvalue weighted by Gasteiger charge is 2.09. The van der Waals surface area contributed by atoms with Gasteiger partial charge in [-0.3, -0.25) is 9.59 Å². The molecule has 0 spiro atoms. The summed E-state index contributed by atoms with van der Waals surface area (Å²) in [5.41, 5.74) is 0. The van der Waals surface area contributed by atoms with Crippen LogP contribution in [0.15, 0.2) is 0 Å². The number of hydrogen-bond acceptors (Lipinski definition) is 2. The summed E-state index contributed by atoms with van der Waals surface area (Å²) >= 11 is 0. The monoisotopic (exact) mass is 145 g/mol. The molecule has 0 aromatic carbocycles. The molecule has 1 unspecified atom stereocenters. The minimum absolute atomic E-state index is 0.199. The first-order valence-electron chi connectivity index (χ1n) is 3.01. The van der Waals surface area contributed by atoms with Gasteiger partial charge in [-0.05, 0) is 0 Å². The van der Waals surface area contributed by atoms with Crippen LogP contribution in [0.4, 0.5) is 0 Å². The van der Waals surface area contributed by atoms with E-state index in [4.69, 9.17) is 5.11 Å². The van der Waals surface area contributed by atoms with E-state index in [1.807, 2.05) is 0 Å². The third-order valence-electron chi connectivity index (χ3n) is 1.08. The van der Waals surface area contributed by atoms with Crippen LogP contribution in [0.1, 0.15) is 13.8 Å². The molecule has 0 fully saturated rings. The van der Waals surface area contributed by atoms with Crippen molar-refractivity contribution in [2.24, 2.45) is 5.92 Å². The van der Waals surface area contributed by atoms with E-state index >= 15 is 0 Å². The van der Waals surface area contributed by atoms with E-state index in [0.717, 1.165) is 0 Å². The number of aliphatic carboxylic acids is 1. The summed E-state index contributed by atoms with van der Waals surface area (Å²) in [6.45, 7) is 3.09. The fraction of sp³-hybridized carbons (Fsp3) is 0.667. The van der Waals surface area contributed by atoms with Gasteiger partial charge in [0.1, 0.15) is 0 Å². The van der Waals surface area contributed by atoms with Crippen molar-refractivity contribution in [2.75, 3.05) is 6.54 Å². The molecule has 1 amide bonds. The van der Waals surface area contributed by atoms with E-state index in [2.05, 4.69) is 5.32 Å². The molecule has 0 saturated heterocycles. The van der Waals surface area contributed by atoms with Gasteiger partial charge < -0.3 is 10.4 Å². The standard InChI is InChI=1S/C6H11NO3/c1-4(6(9)10)3-7-5(2)8/h4H,3H2,1-2H3,(H,7,8)(H,9,10). The molecular formula is C6H11NO3. The van der Waals surface area contributed by atoms with Crippen LogP contribution in [0.5, 0.6) is 0 Å². The van der Waals surface area contributed by atoms with Crippen molar-refractivity contribution in [1.82, 2.24) is 5.32 Å². The van der Waals surface area contributed by atoms with Crippen molar-refractivity contribution >= 4 is 11.9 Å². The van der Waals surface area contributed by atoms with Crippen LogP contribution >= 0.6 is 0 Å². The van der Waals surface area contributed by atoms with Crippen LogP contribution in [-0.2, 0) is 9.59 Å². The van der Waals surface area contributed by atoms with Gasteiger partial charge in [0.2, 0.25) is 5.91 Å². The van der Waals surface area contributed by atoms with Crippen molar-refractivity contribution in [3.63, 3.8) is 0 Å². The Bertz CT molecular complexity index is 144. The first kappa shape index (κ1) is 8.94. The lowest BCUT2D eigenvalue weighted by molar-refractivity contribution is -0.141. The quantitative estimate of drug-likeness (QED) is 0.580. The summed E-state index contributed by atoms with van der Waals surface area (Å²) < 4.78 is 0. The first-order valence-corrected chi connectivity index (χ1v) is 3.01. The van der Waals surface area contributed by atoms with Gasteiger partial charge in [-0.15, -0.1) is 0 Å². The maximum atomic E-state index is 10.3. The second kappa shape index (κ2) is 3.87. The Labute approximate surface area is 59.2 Å². The predicted octanol–water partition coefficient (Wildman–Crippen LogP) is -0.157. The number of hydrogen-bond donors (Lipinski definition) is 2. The van der Waals surface area contributed by atoms with Gasteiger partial charge in [-0.25, -0.2) is 0 Å². The van der Waals surface area contributed by atoms with E-state index in [1.54, 1.807) is 0 Å². The summed E-state index contributed by atoms with van der Waals surface area (Å²) in [6, 6.07) is 0. The Balaban J connectivity index is 3.49. The van der Waals surface area contributed by atoms with Crippen LogP contribution in [0, 0.1) is 5.92 Å². The van der Waals surface area contributed by atoms with Crippen molar-refractivity contribution in [3.8, 4) is 0 Å². The molecule has 0 aliphatic rings. The van der Waals surface area contributed by atoms with E-state index < -0.39 is 11.9 Å². The van der Waals surface area contributed by atoms with Crippen LogP contribution in [0.3, 0.4) is 0 Å². The molecule has 0 saturated carbocycles. The third kappa shape index (κ3) is 3.88. The molecular weight excluding hydrogens is 134 g/mol. The molecule has 1 atom stereocenters. The molecule has 0 aromatic rings. The molecule has 0 aromatic heterocycles. The second-order valence-electron chi connectivity index (χ2n) is 2.18. The van der Waals surface area contributed by atoms with Gasteiger partial charge >= 0.3 is 5.97 Å². The average molecular weight is 145 g/mol. The highest BCUT2D eigenvalue weighted by Crippen LogP contribution is 1.90. The molecule has 4 heteroatoms. The number of carbonyl (C=O) groups is 2. The molecule has 0 aliphatic heterocycles. The predicted molar refractivity (Wildman–Crippen MR) is 35.5 cm³/mol. The molecule has 58 valence electrons. The molecule has 0 heterocycles. The third-order valence-corrected chi connectivity index (χ3v) is 1.08. The first-order chi connectivity index (χ1) is 4.54. The number of carbonyl (C=O) groups excluding carboxylic acids is 1. The lowest BCUT2D eigenvalue weighted by Gasteiger charge is -2.04. The minimum atomic E-state index is -0.895. The SMILES string of the molecule is CC(=O)NCC(C)C(=O)O. The summed E-state index contributed by atoms with van der Waals surface area (Å²) in [7, 11) is 0. The average Bonchev–Trinajstić information content (AvgIpc) is 1.82. The lowest BCUT2D eigenvalue weighted by atomic mass is 10.2. The molecule has 0 aliphatic carbocycles.